The molecule has 0 spiro atoms. The summed E-state index contributed by atoms with van der Waals surface area (Å²) in [6.45, 7) is 4.95. The Kier molecular flexibility index (Phi) is 28.8. The third kappa shape index (κ3) is 23.8. The molecule has 2 unspecified atom stereocenters. The maximum atomic E-state index is 13.0. The van der Waals surface area contributed by atoms with Crippen LogP contribution in [0.1, 0.15) is 65.9 Å². The van der Waals surface area contributed by atoms with Crippen LogP contribution < -0.4 is 20.1 Å². The molecule has 5 aromatic rings. The molecule has 2 amide bonds. The maximum absolute atomic E-state index is 13.0. The molecule has 0 saturated heterocycles. The van der Waals surface area contributed by atoms with Gasteiger partial charge in [-0.2, -0.15) is 26.3 Å². The number of rotatable bonds is 26. The lowest BCUT2D eigenvalue weighted by Crippen LogP contribution is -2.31. The summed E-state index contributed by atoms with van der Waals surface area (Å²) < 4.78 is 143. The third-order valence-electron chi connectivity index (χ3n) is 13.0. The molecule has 2 heterocycles. The first-order chi connectivity index (χ1) is 41.8. The van der Waals surface area contributed by atoms with E-state index in [9.17, 15) is 52.8 Å². The lowest BCUT2D eigenvalue weighted by atomic mass is 9.85. The number of aliphatic carboxylic acids is 2. The Morgan fingerprint density at radius 1 is 0.528 bits per heavy atom. The SMILES string of the molecule is CN1Cc2c(Cl)cc(Cl)cc2C(c2ccc(S(=O)(=O)NCCOCCOCCNC(=O)c3cc(Br)cc(C(=O)NCCOCCOCCNS(=O)(=O)c4ccc(C5CN(C)Cc6c(Cl)cc(Cl)cc65)cc4)c3)cc2)C1.O=C(O)C(F)(F)F.O=C(O)C(F)(F)F. The number of likely N-dealkylation sites (N-methyl/N-ethyl adjacent to an activating group) is 2. The van der Waals surface area contributed by atoms with Gasteiger partial charge in [0.2, 0.25) is 20.0 Å². The van der Waals surface area contributed by atoms with Crippen LogP contribution in [0.15, 0.2) is 105 Å². The van der Waals surface area contributed by atoms with Crippen LogP contribution in [0.3, 0.4) is 0 Å². The molecule has 6 N–H and O–H groups in total. The van der Waals surface area contributed by atoms with E-state index in [1.807, 2.05) is 50.5 Å². The van der Waals surface area contributed by atoms with Gasteiger partial charge >= 0.3 is 24.3 Å². The molecule has 5 aromatic carbocycles. The van der Waals surface area contributed by atoms with Crippen LogP contribution in [0, 0.1) is 0 Å². The largest absolute Gasteiger partial charge is 0.490 e. The Labute approximate surface area is 537 Å². The number of nitrogens with zero attached hydrogens (tertiary/aromatic N) is 2. The first kappa shape index (κ1) is 74.5. The number of sulfonamides is 2. The predicted octanol–water partition coefficient (Wildman–Crippen LogP) is 8.97. The standard InChI is InChI=1S/C52H59BrCl4N6O10S2.2C2HF3O2/c1-62-30-45(43-26-39(54)28-49(56)47(43)32-62)34-3-7-41(8-4-34)74(66,67)60-13-17-72-21-19-70-15-11-58-51(64)36-23-37(25-38(53)24-36)52(65)59-12-16-71-20-22-73-18-14-61-75(68,69)42-9-5-35(6-10-42)46-31-63(2)33-48-44(46)27-40(55)29-50(48)57;2*3-2(4,5)1(6)7/h3-10,23-29,45-46,60-61H,11-22,30-33H2,1-2H3,(H,58,64)(H,59,65);2*(H,6,7). The van der Waals surface area contributed by atoms with E-state index in [1.165, 1.54) is 6.07 Å². The molecule has 2 aliphatic heterocycles. The van der Waals surface area contributed by atoms with Gasteiger partial charge < -0.3 is 49.6 Å². The number of nitrogens with one attached hydrogen (secondary N) is 4. The van der Waals surface area contributed by atoms with Crippen molar-refractivity contribution < 1.29 is 91.5 Å². The molecule has 0 bridgehead atoms. The quantitative estimate of drug-likeness (QED) is 0.0223. The van der Waals surface area contributed by atoms with E-state index in [-0.39, 0.29) is 112 Å². The van der Waals surface area contributed by atoms with Crippen molar-refractivity contribution in [2.24, 2.45) is 0 Å². The Bertz CT molecular complexity index is 3250. The van der Waals surface area contributed by atoms with Gasteiger partial charge in [0.1, 0.15) is 0 Å². The fourth-order valence-corrected chi connectivity index (χ4v) is 12.5. The zero-order valence-electron chi connectivity index (χ0n) is 47.3. The molecule has 2 atom stereocenters. The van der Waals surface area contributed by atoms with Gasteiger partial charge in [-0.05, 0) is 114 Å². The summed E-state index contributed by atoms with van der Waals surface area (Å²) in [7, 11) is -3.51. The van der Waals surface area contributed by atoms with E-state index >= 15 is 0 Å². The van der Waals surface area contributed by atoms with E-state index in [0.29, 0.717) is 37.7 Å². The average molecular weight is 1440 g/mol. The van der Waals surface area contributed by atoms with Crippen LogP contribution in [0.25, 0.3) is 0 Å². The molecule has 0 aromatic heterocycles. The first-order valence-corrected chi connectivity index (χ1v) is 31.8. The van der Waals surface area contributed by atoms with Gasteiger partial charge in [-0.3, -0.25) is 9.59 Å². The highest BCUT2D eigenvalue weighted by Crippen LogP contribution is 2.40. The Morgan fingerprint density at radius 3 is 1.16 bits per heavy atom. The number of carbonyl (C=O) groups is 4. The zero-order valence-corrected chi connectivity index (χ0v) is 53.5. The summed E-state index contributed by atoms with van der Waals surface area (Å²) in [5.74, 6) is -6.33. The highest BCUT2D eigenvalue weighted by atomic mass is 79.9. The number of ether oxygens (including phenoxy) is 4. The molecule has 89 heavy (non-hydrogen) atoms. The topological polar surface area (TPSA) is 269 Å². The zero-order chi connectivity index (χ0) is 65.9. The number of hydrogen-bond acceptors (Lipinski definition) is 14. The smallest absolute Gasteiger partial charge is 0.475 e. The molecule has 0 aliphatic carbocycles. The van der Waals surface area contributed by atoms with Crippen molar-refractivity contribution in [3.05, 3.63) is 160 Å². The summed E-state index contributed by atoms with van der Waals surface area (Å²) in [5, 5.41) is 22.1. The number of fused-ring (bicyclic) bond motifs is 2. The molecule has 0 fully saturated rings. The normalized spacial score (nSPS) is 15.3. The molecule has 7 rings (SSSR count). The molecule has 488 valence electrons. The van der Waals surface area contributed by atoms with E-state index in [2.05, 4.69) is 45.8 Å². The molecule has 0 saturated carbocycles. The van der Waals surface area contributed by atoms with Gasteiger partial charge in [0, 0.05) is 99.9 Å². The molecule has 0 radical (unpaired) electrons. The number of benzene rings is 5. The van der Waals surface area contributed by atoms with E-state index in [4.69, 9.17) is 85.2 Å². The monoisotopic (exact) mass is 1440 g/mol. The van der Waals surface area contributed by atoms with Gasteiger partial charge in [0.05, 0.1) is 62.6 Å². The van der Waals surface area contributed by atoms with Crippen molar-refractivity contribution in [2.75, 3.05) is 106 Å². The molecule has 20 nitrogen and oxygen atoms in total. The van der Waals surface area contributed by atoms with Crippen LogP contribution in [0.2, 0.25) is 20.1 Å². The predicted molar refractivity (Wildman–Crippen MR) is 322 cm³/mol. The summed E-state index contributed by atoms with van der Waals surface area (Å²) in [6, 6.07) is 25.7. The summed E-state index contributed by atoms with van der Waals surface area (Å²) in [6.07, 6.45) is -10.2. The fraction of sp³-hybridized carbons (Fsp3) is 0.393. The molecular weight excluding hydrogens is 1380 g/mol. The molecule has 33 heteroatoms. The highest BCUT2D eigenvalue weighted by Gasteiger charge is 2.39. The van der Waals surface area contributed by atoms with Crippen molar-refractivity contribution in [3.63, 3.8) is 0 Å². The number of halogens is 11. The van der Waals surface area contributed by atoms with Gasteiger partial charge in [0.25, 0.3) is 11.8 Å². The van der Waals surface area contributed by atoms with E-state index < -0.39 is 56.2 Å². The minimum absolute atomic E-state index is 0.0114. The lowest BCUT2D eigenvalue weighted by Gasteiger charge is -2.33. The number of carboxylic acid groups (broad SMARTS) is 2. The summed E-state index contributed by atoms with van der Waals surface area (Å²) in [5.41, 5.74) is 6.58. The fourth-order valence-electron chi connectivity index (χ4n) is 8.86. The van der Waals surface area contributed by atoms with Crippen LogP contribution in [-0.4, -0.2) is 179 Å². The van der Waals surface area contributed by atoms with Crippen molar-refractivity contribution in [1.82, 2.24) is 29.9 Å². The Morgan fingerprint density at radius 2 is 0.843 bits per heavy atom. The van der Waals surface area contributed by atoms with Gasteiger partial charge in [-0.25, -0.2) is 35.9 Å². The average Bonchev–Trinajstić information content (AvgIpc) is 3.27. The van der Waals surface area contributed by atoms with Crippen LogP contribution in [-0.2, 0) is 61.7 Å². The second-order valence-electron chi connectivity index (χ2n) is 19.6. The number of hydrogen-bond donors (Lipinski definition) is 6. The summed E-state index contributed by atoms with van der Waals surface area (Å²) >= 11 is 29.0. The van der Waals surface area contributed by atoms with E-state index in [1.54, 1.807) is 48.5 Å². The lowest BCUT2D eigenvalue weighted by molar-refractivity contribution is -0.193. The molecule has 2 aliphatic rings. The Hall–Kier alpha value is -5.22. The highest BCUT2D eigenvalue weighted by molar-refractivity contribution is 9.10. The van der Waals surface area contributed by atoms with Gasteiger partial charge in [0.15, 0.2) is 0 Å². The number of carbonyl (C=O) groups excluding carboxylic acids is 2. The Balaban J connectivity index is 0.000000919. The summed E-state index contributed by atoms with van der Waals surface area (Å²) in [4.78, 5) is 48.2. The molecular formula is C56H61BrCl4F6N6O14S2. The minimum Gasteiger partial charge on any atom is -0.475 e. The first-order valence-electron chi connectivity index (χ1n) is 26.6. The van der Waals surface area contributed by atoms with Crippen molar-refractivity contribution >= 4 is 106 Å². The van der Waals surface area contributed by atoms with Crippen LogP contribution >= 0.6 is 62.3 Å². The number of alkyl halides is 6. The maximum Gasteiger partial charge on any atom is 0.490 e. The number of carboxylic acids is 2. The minimum atomic E-state index is -5.08. The third-order valence-corrected chi connectivity index (χ3v) is 17.5. The van der Waals surface area contributed by atoms with Gasteiger partial charge in [-0.1, -0.05) is 86.6 Å². The number of amides is 2. The van der Waals surface area contributed by atoms with Gasteiger partial charge in [-0.15, -0.1) is 0 Å². The van der Waals surface area contributed by atoms with Crippen molar-refractivity contribution in [1.29, 1.82) is 0 Å². The van der Waals surface area contributed by atoms with Crippen LogP contribution in [0.5, 0.6) is 0 Å². The van der Waals surface area contributed by atoms with Crippen LogP contribution in [0.4, 0.5) is 26.3 Å². The van der Waals surface area contributed by atoms with Crippen molar-refractivity contribution in [2.45, 2.75) is 47.1 Å². The van der Waals surface area contributed by atoms with Crippen molar-refractivity contribution in [3.8, 4) is 0 Å². The second-order valence-corrected chi connectivity index (χ2v) is 25.8. The second kappa shape index (κ2) is 34.4. The van der Waals surface area contributed by atoms with E-state index in [0.717, 1.165) is 46.5 Å².